The summed E-state index contributed by atoms with van der Waals surface area (Å²) in [6, 6.07) is 5.27. The van der Waals surface area contributed by atoms with Gasteiger partial charge in [-0.05, 0) is 18.1 Å². The second-order valence-corrected chi connectivity index (χ2v) is 3.19. The zero-order valence-electron chi connectivity index (χ0n) is 9.17. The number of aromatic hydroxyl groups is 1. The molecule has 0 saturated carbocycles. The van der Waals surface area contributed by atoms with E-state index in [0.29, 0.717) is 12.0 Å². The summed E-state index contributed by atoms with van der Waals surface area (Å²) < 4.78 is 0. The molecule has 0 spiro atoms. The topological polar surface area (TPSA) is 103 Å². The summed E-state index contributed by atoms with van der Waals surface area (Å²) >= 11 is 0. The van der Waals surface area contributed by atoms with Gasteiger partial charge in [-0.15, -0.1) is 11.7 Å². The van der Waals surface area contributed by atoms with Crippen molar-refractivity contribution in [3.8, 4) is 5.75 Å². The SMILES string of the molecule is C=CCc1cccc(/C=N/N=C(/N)NO)c1O. The molecule has 0 unspecified atom stereocenters. The Balaban J connectivity index is 2.92. The van der Waals surface area contributed by atoms with Gasteiger partial charge in [0.05, 0.1) is 6.21 Å². The van der Waals surface area contributed by atoms with E-state index in [1.54, 1.807) is 29.8 Å². The number of nitrogens with one attached hydrogen (secondary N) is 1. The highest BCUT2D eigenvalue weighted by Gasteiger charge is 2.03. The molecular weight excluding hydrogens is 220 g/mol. The Kier molecular flexibility index (Phi) is 4.71. The van der Waals surface area contributed by atoms with Crippen LogP contribution in [0.3, 0.4) is 0 Å². The first kappa shape index (κ1) is 12.7. The fraction of sp³-hybridized carbons (Fsp3) is 0.0909. The molecule has 0 fully saturated rings. The average molecular weight is 234 g/mol. The van der Waals surface area contributed by atoms with E-state index in [2.05, 4.69) is 16.8 Å². The monoisotopic (exact) mass is 234 g/mol. The van der Waals surface area contributed by atoms with Crippen LogP contribution >= 0.6 is 0 Å². The molecule has 0 bridgehead atoms. The Hall–Kier alpha value is -2.34. The van der Waals surface area contributed by atoms with E-state index in [0.717, 1.165) is 5.56 Å². The van der Waals surface area contributed by atoms with Crippen LogP contribution in [0.15, 0.2) is 41.1 Å². The number of rotatable bonds is 4. The van der Waals surface area contributed by atoms with E-state index in [-0.39, 0.29) is 11.7 Å². The number of para-hydroxylation sites is 1. The smallest absolute Gasteiger partial charge is 0.237 e. The van der Waals surface area contributed by atoms with Gasteiger partial charge < -0.3 is 10.8 Å². The quantitative estimate of drug-likeness (QED) is 0.267. The van der Waals surface area contributed by atoms with Gasteiger partial charge in [0.25, 0.3) is 0 Å². The molecule has 0 aliphatic rings. The van der Waals surface area contributed by atoms with E-state index in [9.17, 15) is 5.11 Å². The molecule has 5 N–H and O–H groups in total. The molecule has 0 heterocycles. The van der Waals surface area contributed by atoms with E-state index < -0.39 is 0 Å². The third-order valence-corrected chi connectivity index (χ3v) is 1.99. The molecule has 0 aliphatic heterocycles. The van der Waals surface area contributed by atoms with Crippen molar-refractivity contribution in [2.75, 3.05) is 0 Å². The molecular formula is C11H14N4O2. The van der Waals surface area contributed by atoms with Crippen molar-refractivity contribution in [1.82, 2.24) is 5.48 Å². The second kappa shape index (κ2) is 6.29. The van der Waals surface area contributed by atoms with Gasteiger partial charge in [0, 0.05) is 5.56 Å². The van der Waals surface area contributed by atoms with Crippen LogP contribution in [0.1, 0.15) is 11.1 Å². The largest absolute Gasteiger partial charge is 0.507 e. The molecule has 1 aromatic carbocycles. The average Bonchev–Trinajstić information content (AvgIpc) is 2.33. The number of phenols is 1. The lowest BCUT2D eigenvalue weighted by Crippen LogP contribution is -2.27. The zero-order valence-corrected chi connectivity index (χ0v) is 9.17. The summed E-state index contributed by atoms with van der Waals surface area (Å²) in [7, 11) is 0. The molecule has 90 valence electrons. The summed E-state index contributed by atoms with van der Waals surface area (Å²) in [5, 5.41) is 25.2. The van der Waals surface area contributed by atoms with Crippen LogP contribution in [-0.2, 0) is 6.42 Å². The van der Waals surface area contributed by atoms with Crippen molar-refractivity contribution in [3.63, 3.8) is 0 Å². The number of hydrogen-bond donors (Lipinski definition) is 4. The van der Waals surface area contributed by atoms with Gasteiger partial charge in [0.2, 0.25) is 5.96 Å². The van der Waals surface area contributed by atoms with Crippen LogP contribution in [-0.4, -0.2) is 22.5 Å². The fourth-order valence-corrected chi connectivity index (χ4v) is 1.21. The van der Waals surface area contributed by atoms with Crippen LogP contribution in [0.4, 0.5) is 0 Å². The Bertz CT molecular complexity index is 455. The normalized spacial score (nSPS) is 11.7. The first-order chi connectivity index (χ1) is 8.19. The summed E-state index contributed by atoms with van der Waals surface area (Å²) in [5.74, 6) is -0.107. The summed E-state index contributed by atoms with van der Waals surface area (Å²) in [6.07, 6.45) is 3.60. The molecule has 0 radical (unpaired) electrons. The summed E-state index contributed by atoms with van der Waals surface area (Å²) in [4.78, 5) is 0. The minimum atomic E-state index is -0.233. The number of benzene rings is 1. The van der Waals surface area contributed by atoms with Gasteiger partial charge in [0.15, 0.2) is 0 Å². The van der Waals surface area contributed by atoms with Gasteiger partial charge in [-0.2, -0.15) is 5.10 Å². The van der Waals surface area contributed by atoms with Gasteiger partial charge >= 0.3 is 0 Å². The molecule has 6 nitrogen and oxygen atoms in total. The molecule has 0 atom stereocenters. The van der Waals surface area contributed by atoms with Gasteiger partial charge in [-0.3, -0.25) is 5.21 Å². The van der Waals surface area contributed by atoms with Gasteiger partial charge in [0.1, 0.15) is 5.75 Å². The number of nitrogens with two attached hydrogens (primary N) is 1. The number of hydroxylamine groups is 1. The maximum atomic E-state index is 9.86. The van der Waals surface area contributed by atoms with E-state index in [1.807, 2.05) is 0 Å². The number of phenolic OH excluding ortho intramolecular Hbond substituents is 1. The Morgan fingerprint density at radius 2 is 2.29 bits per heavy atom. The standard InChI is InChI=1S/C11H14N4O2/c1-2-4-8-5-3-6-9(10(8)16)7-13-14-11(12)15-17/h2-3,5-7,16-17H,1,4H2,(H3,12,14,15)/b13-7+. The van der Waals surface area contributed by atoms with E-state index in [1.165, 1.54) is 6.21 Å². The van der Waals surface area contributed by atoms with Crippen LogP contribution in [0.5, 0.6) is 5.75 Å². The molecule has 0 amide bonds. The Labute approximate surface area is 98.8 Å². The Morgan fingerprint density at radius 3 is 2.94 bits per heavy atom. The van der Waals surface area contributed by atoms with Crippen molar-refractivity contribution in [1.29, 1.82) is 0 Å². The zero-order chi connectivity index (χ0) is 12.7. The number of hydrogen-bond acceptors (Lipinski definition) is 4. The molecule has 1 aromatic rings. The molecule has 0 aliphatic carbocycles. The predicted molar refractivity (Wildman–Crippen MR) is 66.1 cm³/mol. The van der Waals surface area contributed by atoms with Crippen LogP contribution < -0.4 is 11.2 Å². The van der Waals surface area contributed by atoms with Crippen LogP contribution in [0.2, 0.25) is 0 Å². The predicted octanol–water partition coefficient (Wildman–Crippen LogP) is 0.748. The fourth-order valence-electron chi connectivity index (χ4n) is 1.21. The Morgan fingerprint density at radius 1 is 1.53 bits per heavy atom. The highest BCUT2D eigenvalue weighted by atomic mass is 16.5. The summed E-state index contributed by atoms with van der Waals surface area (Å²) in [5.41, 5.74) is 8.05. The lowest BCUT2D eigenvalue weighted by molar-refractivity contribution is 0.232. The first-order valence-electron chi connectivity index (χ1n) is 4.87. The third-order valence-electron chi connectivity index (χ3n) is 1.99. The van der Waals surface area contributed by atoms with Gasteiger partial charge in [-0.25, -0.2) is 5.48 Å². The van der Waals surface area contributed by atoms with Crippen molar-refractivity contribution in [2.45, 2.75) is 6.42 Å². The highest BCUT2D eigenvalue weighted by molar-refractivity contribution is 5.85. The molecule has 1 rings (SSSR count). The maximum Gasteiger partial charge on any atom is 0.237 e. The lowest BCUT2D eigenvalue weighted by atomic mass is 10.1. The van der Waals surface area contributed by atoms with Crippen LogP contribution in [0.25, 0.3) is 0 Å². The maximum absolute atomic E-state index is 9.86. The molecule has 0 saturated heterocycles. The number of allylic oxidation sites excluding steroid dienone is 1. The molecule has 0 aromatic heterocycles. The van der Waals surface area contributed by atoms with Crippen molar-refractivity contribution < 1.29 is 10.3 Å². The number of nitrogens with zero attached hydrogens (tertiary/aromatic N) is 2. The third kappa shape index (κ3) is 3.62. The minimum Gasteiger partial charge on any atom is -0.507 e. The van der Waals surface area contributed by atoms with E-state index in [4.69, 9.17) is 10.9 Å². The van der Waals surface area contributed by atoms with Crippen molar-refractivity contribution >= 4 is 12.2 Å². The number of guanidine groups is 1. The second-order valence-electron chi connectivity index (χ2n) is 3.19. The van der Waals surface area contributed by atoms with Crippen LogP contribution in [0, 0.1) is 0 Å². The van der Waals surface area contributed by atoms with Gasteiger partial charge in [-0.1, -0.05) is 18.2 Å². The molecule has 17 heavy (non-hydrogen) atoms. The first-order valence-corrected chi connectivity index (χ1v) is 4.87. The van der Waals surface area contributed by atoms with E-state index >= 15 is 0 Å². The summed E-state index contributed by atoms with van der Waals surface area (Å²) in [6.45, 7) is 3.60. The molecule has 6 heteroatoms. The lowest BCUT2D eigenvalue weighted by Gasteiger charge is -2.03. The minimum absolute atomic E-state index is 0.127. The highest BCUT2D eigenvalue weighted by Crippen LogP contribution is 2.21. The van der Waals surface area contributed by atoms with Crippen molar-refractivity contribution in [3.05, 3.63) is 42.0 Å². The van der Waals surface area contributed by atoms with Crippen molar-refractivity contribution in [2.24, 2.45) is 15.9 Å².